The van der Waals surface area contributed by atoms with E-state index < -0.39 is 0 Å². The standard InChI is InChI=1S/C15H21NO/c17-9-8-14-10-13-6-1-2-7-15(13)16(14)11-12-4-3-5-12/h1-2,6-7,12,14,17H,3-5,8-11H2. The molecule has 1 heterocycles. The summed E-state index contributed by atoms with van der Waals surface area (Å²) in [6.07, 6.45) is 6.21. The van der Waals surface area contributed by atoms with Gasteiger partial charge in [0.15, 0.2) is 0 Å². The van der Waals surface area contributed by atoms with Crippen LogP contribution in [0.25, 0.3) is 0 Å². The summed E-state index contributed by atoms with van der Waals surface area (Å²) in [5, 5.41) is 9.20. The van der Waals surface area contributed by atoms with Gasteiger partial charge in [-0.05, 0) is 43.2 Å². The summed E-state index contributed by atoms with van der Waals surface area (Å²) in [6.45, 7) is 1.50. The van der Waals surface area contributed by atoms with Gasteiger partial charge in [0.25, 0.3) is 0 Å². The first-order valence-electron chi connectivity index (χ1n) is 6.84. The van der Waals surface area contributed by atoms with Gasteiger partial charge in [0.1, 0.15) is 0 Å². The van der Waals surface area contributed by atoms with E-state index in [1.165, 1.54) is 37.1 Å². The fourth-order valence-electron chi connectivity index (χ4n) is 3.13. The third kappa shape index (κ3) is 2.06. The molecule has 2 heteroatoms. The van der Waals surface area contributed by atoms with Crippen LogP contribution in [0.2, 0.25) is 0 Å². The van der Waals surface area contributed by atoms with Gasteiger partial charge in [-0.25, -0.2) is 0 Å². The molecule has 1 aliphatic heterocycles. The number of nitrogens with zero attached hydrogens (tertiary/aromatic N) is 1. The molecule has 0 spiro atoms. The summed E-state index contributed by atoms with van der Waals surface area (Å²) in [6, 6.07) is 9.26. The average Bonchev–Trinajstić information content (AvgIpc) is 2.62. The van der Waals surface area contributed by atoms with E-state index in [0.717, 1.165) is 18.8 Å². The number of para-hydroxylation sites is 1. The van der Waals surface area contributed by atoms with Crippen LogP contribution in [0.3, 0.4) is 0 Å². The van der Waals surface area contributed by atoms with Crippen molar-refractivity contribution < 1.29 is 5.11 Å². The van der Waals surface area contributed by atoms with Crippen molar-refractivity contribution in [2.45, 2.75) is 38.1 Å². The number of anilines is 1. The normalized spacial score (nSPS) is 23.6. The number of fused-ring (bicyclic) bond motifs is 1. The van der Waals surface area contributed by atoms with Crippen LogP contribution in [0, 0.1) is 5.92 Å². The summed E-state index contributed by atoms with van der Waals surface area (Å²) >= 11 is 0. The van der Waals surface area contributed by atoms with Gasteiger partial charge in [0, 0.05) is 24.9 Å². The molecule has 0 saturated heterocycles. The van der Waals surface area contributed by atoms with E-state index in [4.69, 9.17) is 0 Å². The highest BCUT2D eigenvalue weighted by Gasteiger charge is 2.31. The molecule has 1 aliphatic carbocycles. The lowest BCUT2D eigenvalue weighted by Gasteiger charge is -2.35. The molecule has 1 unspecified atom stereocenters. The second kappa shape index (κ2) is 4.69. The van der Waals surface area contributed by atoms with Crippen molar-refractivity contribution in [2.24, 2.45) is 5.92 Å². The second-order valence-electron chi connectivity index (χ2n) is 5.45. The molecular weight excluding hydrogens is 210 g/mol. The van der Waals surface area contributed by atoms with Crippen LogP contribution >= 0.6 is 0 Å². The predicted molar refractivity (Wildman–Crippen MR) is 70.3 cm³/mol. The lowest BCUT2D eigenvalue weighted by molar-refractivity contribution is 0.264. The molecule has 2 nitrogen and oxygen atoms in total. The van der Waals surface area contributed by atoms with Crippen LogP contribution in [0.1, 0.15) is 31.2 Å². The lowest BCUT2D eigenvalue weighted by atomic mass is 9.85. The van der Waals surface area contributed by atoms with Gasteiger partial charge in [-0.15, -0.1) is 0 Å². The fourth-order valence-corrected chi connectivity index (χ4v) is 3.13. The SMILES string of the molecule is OCCC1Cc2ccccc2N1CC1CCC1. The first-order chi connectivity index (χ1) is 8.38. The van der Waals surface area contributed by atoms with Crippen molar-refractivity contribution in [3.05, 3.63) is 29.8 Å². The van der Waals surface area contributed by atoms with Gasteiger partial charge in [0.2, 0.25) is 0 Å². The Balaban J connectivity index is 1.79. The van der Waals surface area contributed by atoms with E-state index >= 15 is 0 Å². The van der Waals surface area contributed by atoms with E-state index in [1.54, 1.807) is 0 Å². The van der Waals surface area contributed by atoms with E-state index in [0.29, 0.717) is 12.6 Å². The lowest BCUT2D eigenvalue weighted by Crippen LogP contribution is -2.38. The Morgan fingerprint density at radius 3 is 2.76 bits per heavy atom. The first kappa shape index (κ1) is 11.1. The molecule has 1 N–H and O–H groups in total. The average molecular weight is 231 g/mol. The van der Waals surface area contributed by atoms with E-state index in [2.05, 4.69) is 29.2 Å². The third-order valence-electron chi connectivity index (χ3n) is 4.34. The molecule has 2 aliphatic rings. The van der Waals surface area contributed by atoms with Crippen molar-refractivity contribution in [3.63, 3.8) is 0 Å². The minimum Gasteiger partial charge on any atom is -0.396 e. The highest BCUT2D eigenvalue weighted by molar-refractivity contribution is 5.59. The number of rotatable bonds is 4. The minimum atomic E-state index is 0.305. The summed E-state index contributed by atoms with van der Waals surface area (Å²) in [7, 11) is 0. The molecule has 1 aromatic carbocycles. The van der Waals surface area contributed by atoms with Gasteiger partial charge in [-0.1, -0.05) is 24.6 Å². The van der Waals surface area contributed by atoms with Crippen molar-refractivity contribution in [1.29, 1.82) is 0 Å². The first-order valence-corrected chi connectivity index (χ1v) is 6.84. The van der Waals surface area contributed by atoms with Gasteiger partial charge in [0.05, 0.1) is 0 Å². The maximum Gasteiger partial charge on any atom is 0.0450 e. The molecule has 1 atom stereocenters. The monoisotopic (exact) mass is 231 g/mol. The Bertz CT molecular complexity index is 386. The van der Waals surface area contributed by atoms with Crippen molar-refractivity contribution >= 4 is 5.69 Å². The van der Waals surface area contributed by atoms with Gasteiger partial charge in [-0.3, -0.25) is 0 Å². The van der Waals surface area contributed by atoms with Crippen molar-refractivity contribution in [2.75, 3.05) is 18.1 Å². The van der Waals surface area contributed by atoms with Crippen LogP contribution in [0.15, 0.2) is 24.3 Å². The number of aliphatic hydroxyl groups excluding tert-OH is 1. The topological polar surface area (TPSA) is 23.5 Å². The number of aliphatic hydroxyl groups is 1. The summed E-state index contributed by atoms with van der Waals surface area (Å²) in [5.74, 6) is 0.891. The zero-order valence-corrected chi connectivity index (χ0v) is 10.3. The van der Waals surface area contributed by atoms with E-state index in [-0.39, 0.29) is 0 Å². The van der Waals surface area contributed by atoms with Crippen molar-refractivity contribution in [1.82, 2.24) is 0 Å². The quantitative estimate of drug-likeness (QED) is 0.861. The molecule has 0 amide bonds. The zero-order chi connectivity index (χ0) is 11.7. The van der Waals surface area contributed by atoms with Crippen molar-refractivity contribution in [3.8, 4) is 0 Å². The van der Waals surface area contributed by atoms with E-state index in [9.17, 15) is 5.11 Å². The van der Waals surface area contributed by atoms with Crippen LogP contribution < -0.4 is 4.90 Å². The summed E-state index contributed by atoms with van der Waals surface area (Å²) in [5.41, 5.74) is 2.88. The molecule has 92 valence electrons. The van der Waals surface area contributed by atoms with E-state index in [1.807, 2.05) is 0 Å². The Hall–Kier alpha value is -1.02. The maximum absolute atomic E-state index is 9.20. The number of hydrogen-bond donors (Lipinski definition) is 1. The van der Waals surface area contributed by atoms with Gasteiger partial charge in [-0.2, -0.15) is 0 Å². The number of benzene rings is 1. The molecule has 1 fully saturated rings. The van der Waals surface area contributed by atoms with Gasteiger partial charge >= 0.3 is 0 Å². The van der Waals surface area contributed by atoms with Crippen LogP contribution in [0.5, 0.6) is 0 Å². The molecule has 0 aromatic heterocycles. The van der Waals surface area contributed by atoms with Crippen LogP contribution in [-0.4, -0.2) is 24.3 Å². The van der Waals surface area contributed by atoms with Crippen LogP contribution in [0.4, 0.5) is 5.69 Å². The Morgan fingerprint density at radius 1 is 1.24 bits per heavy atom. The zero-order valence-electron chi connectivity index (χ0n) is 10.3. The third-order valence-corrected chi connectivity index (χ3v) is 4.34. The molecule has 17 heavy (non-hydrogen) atoms. The Labute approximate surface area is 103 Å². The van der Waals surface area contributed by atoms with Crippen LogP contribution in [-0.2, 0) is 6.42 Å². The fraction of sp³-hybridized carbons (Fsp3) is 0.600. The Morgan fingerprint density at radius 2 is 2.06 bits per heavy atom. The summed E-state index contributed by atoms with van der Waals surface area (Å²) < 4.78 is 0. The largest absolute Gasteiger partial charge is 0.396 e. The predicted octanol–water partition coefficient (Wildman–Crippen LogP) is 2.60. The van der Waals surface area contributed by atoms with Gasteiger partial charge < -0.3 is 10.0 Å². The second-order valence-corrected chi connectivity index (χ2v) is 5.45. The maximum atomic E-state index is 9.20. The number of hydrogen-bond acceptors (Lipinski definition) is 2. The molecule has 3 rings (SSSR count). The highest BCUT2D eigenvalue weighted by Crippen LogP contribution is 2.37. The Kier molecular flexibility index (Phi) is 3.06. The molecule has 1 aromatic rings. The minimum absolute atomic E-state index is 0.305. The smallest absolute Gasteiger partial charge is 0.0450 e. The molecule has 1 saturated carbocycles. The molecular formula is C15H21NO. The highest BCUT2D eigenvalue weighted by atomic mass is 16.3. The molecule has 0 bridgehead atoms. The molecule has 0 radical (unpaired) electrons. The summed E-state index contributed by atoms with van der Waals surface area (Å²) in [4.78, 5) is 2.55.